The summed E-state index contributed by atoms with van der Waals surface area (Å²) >= 11 is 0. The van der Waals surface area contributed by atoms with E-state index >= 15 is 0 Å². The highest BCUT2D eigenvalue weighted by Gasteiger charge is 2.34. The molecule has 3 heteroatoms. The lowest BCUT2D eigenvalue weighted by Gasteiger charge is -2.38. The van der Waals surface area contributed by atoms with Crippen LogP contribution in [-0.2, 0) is 4.79 Å². The maximum absolute atomic E-state index is 12.2. The van der Waals surface area contributed by atoms with Crippen LogP contribution in [0.5, 0.6) is 0 Å². The summed E-state index contributed by atoms with van der Waals surface area (Å²) in [5.41, 5.74) is 6.95. The standard InChI is InChI=1S/C40H52O3/c1-28(17-13-19-30(3)21-23-35-32(5)25-34(41)26-39(35,7)8)15-11-12-16-29(2)18-14-20-31(4)22-24-36-33(6)38(43)37(42)27-40(36,9)10/h11-25,27,34-35,41-42H,26H2,1-10H3/b12-11+,17-13+,18-14+,23-21+,24-22+,28-15+,29-16+,30-19+,31-20+. The van der Waals surface area contributed by atoms with Gasteiger partial charge in [-0.3, -0.25) is 4.79 Å². The van der Waals surface area contributed by atoms with Crippen LogP contribution in [0.3, 0.4) is 0 Å². The second-order valence-corrected chi connectivity index (χ2v) is 13.2. The minimum absolute atomic E-state index is 0.0457. The fourth-order valence-corrected chi connectivity index (χ4v) is 5.59. The summed E-state index contributed by atoms with van der Waals surface area (Å²) in [6, 6.07) is 0. The minimum atomic E-state index is -0.397. The Bertz CT molecular complexity index is 1420. The van der Waals surface area contributed by atoms with E-state index in [0.717, 1.165) is 28.7 Å². The van der Waals surface area contributed by atoms with Crippen molar-refractivity contribution in [3.8, 4) is 0 Å². The van der Waals surface area contributed by atoms with E-state index in [1.54, 1.807) is 13.0 Å². The molecule has 0 saturated heterocycles. The molecule has 43 heavy (non-hydrogen) atoms. The van der Waals surface area contributed by atoms with Gasteiger partial charge >= 0.3 is 0 Å². The summed E-state index contributed by atoms with van der Waals surface area (Å²) in [7, 11) is 0. The van der Waals surface area contributed by atoms with Crippen LogP contribution in [0.4, 0.5) is 0 Å². The Morgan fingerprint density at radius 2 is 1.28 bits per heavy atom. The largest absolute Gasteiger partial charge is 0.504 e. The molecule has 2 atom stereocenters. The maximum atomic E-state index is 12.2. The van der Waals surface area contributed by atoms with Crippen LogP contribution in [0.15, 0.2) is 142 Å². The van der Waals surface area contributed by atoms with Crippen molar-refractivity contribution in [1.82, 2.24) is 0 Å². The van der Waals surface area contributed by atoms with Crippen molar-refractivity contribution in [3.63, 3.8) is 0 Å². The van der Waals surface area contributed by atoms with Gasteiger partial charge in [0.15, 0.2) is 5.76 Å². The topological polar surface area (TPSA) is 57.5 Å². The van der Waals surface area contributed by atoms with Crippen molar-refractivity contribution in [3.05, 3.63) is 142 Å². The van der Waals surface area contributed by atoms with Gasteiger partial charge in [-0.05, 0) is 65.0 Å². The third kappa shape index (κ3) is 11.1. The summed E-state index contributed by atoms with van der Waals surface area (Å²) < 4.78 is 0. The maximum Gasteiger partial charge on any atom is 0.222 e. The van der Waals surface area contributed by atoms with Gasteiger partial charge in [0.25, 0.3) is 0 Å². The molecule has 0 bridgehead atoms. The lowest BCUT2D eigenvalue weighted by Crippen LogP contribution is -2.32. The van der Waals surface area contributed by atoms with Gasteiger partial charge in [-0.15, -0.1) is 0 Å². The zero-order valence-corrected chi connectivity index (χ0v) is 27.9. The molecule has 0 spiro atoms. The quantitative estimate of drug-likeness (QED) is 0.200. The summed E-state index contributed by atoms with van der Waals surface area (Å²) in [6.45, 7) is 20.6. The van der Waals surface area contributed by atoms with Crippen LogP contribution in [0.1, 0.15) is 75.7 Å². The highest BCUT2D eigenvalue weighted by molar-refractivity contribution is 6.08. The Hall–Kier alpha value is -3.69. The number of hydrogen-bond donors (Lipinski definition) is 2. The van der Waals surface area contributed by atoms with Crippen molar-refractivity contribution in [2.45, 2.75) is 81.8 Å². The number of carbonyl (C=O) groups excluding carboxylic acids is 1. The van der Waals surface area contributed by atoms with Crippen molar-refractivity contribution in [1.29, 1.82) is 0 Å². The molecule has 0 radical (unpaired) electrons. The number of aliphatic hydroxyl groups excluding tert-OH is 2. The van der Waals surface area contributed by atoms with Crippen molar-refractivity contribution in [2.75, 3.05) is 0 Å². The molecular weight excluding hydrogens is 528 g/mol. The Labute approximate surface area is 260 Å². The molecular formula is C40H52O3. The van der Waals surface area contributed by atoms with Crippen LogP contribution in [0.2, 0.25) is 0 Å². The van der Waals surface area contributed by atoms with E-state index < -0.39 is 5.41 Å². The Balaban J connectivity index is 1.92. The lowest BCUT2D eigenvalue weighted by molar-refractivity contribution is -0.114. The average molecular weight is 581 g/mol. The minimum Gasteiger partial charge on any atom is -0.504 e. The van der Waals surface area contributed by atoms with Crippen molar-refractivity contribution >= 4 is 5.78 Å². The van der Waals surface area contributed by atoms with Gasteiger partial charge in [-0.25, -0.2) is 0 Å². The third-order valence-electron chi connectivity index (χ3n) is 8.02. The monoisotopic (exact) mass is 580 g/mol. The van der Waals surface area contributed by atoms with E-state index in [4.69, 9.17) is 0 Å². The first kappa shape index (κ1) is 35.5. The molecule has 0 aliphatic heterocycles. The second-order valence-electron chi connectivity index (χ2n) is 13.2. The molecule has 2 aliphatic rings. The van der Waals surface area contributed by atoms with Gasteiger partial charge < -0.3 is 10.2 Å². The molecule has 2 unspecified atom stereocenters. The summed E-state index contributed by atoms with van der Waals surface area (Å²) in [4.78, 5) is 12.2. The fraction of sp³-hybridized carbons (Fsp3) is 0.375. The molecule has 3 nitrogen and oxygen atoms in total. The first-order chi connectivity index (χ1) is 20.0. The van der Waals surface area contributed by atoms with E-state index in [9.17, 15) is 15.0 Å². The van der Waals surface area contributed by atoms with Crippen LogP contribution in [-0.4, -0.2) is 22.1 Å². The molecule has 0 aromatic rings. The van der Waals surface area contributed by atoms with Gasteiger partial charge in [-0.1, -0.05) is 147 Å². The zero-order chi connectivity index (χ0) is 32.4. The average Bonchev–Trinajstić information content (AvgIpc) is 2.88. The zero-order valence-electron chi connectivity index (χ0n) is 27.9. The molecule has 0 aromatic heterocycles. The van der Waals surface area contributed by atoms with Crippen molar-refractivity contribution < 1.29 is 15.0 Å². The molecule has 0 aromatic carbocycles. The van der Waals surface area contributed by atoms with Gasteiger partial charge in [0.2, 0.25) is 5.78 Å². The van der Waals surface area contributed by atoms with E-state index in [1.807, 2.05) is 63.3 Å². The Kier molecular flexibility index (Phi) is 13.0. The third-order valence-corrected chi connectivity index (χ3v) is 8.02. The van der Waals surface area contributed by atoms with E-state index in [0.29, 0.717) is 11.5 Å². The summed E-state index contributed by atoms with van der Waals surface area (Å²) in [5, 5.41) is 19.9. The number of hydrogen-bond acceptors (Lipinski definition) is 3. The number of Topliss-reactive ketones (excluding diaryl/α,β-unsaturated/α-hetero) is 1. The molecule has 0 heterocycles. The predicted octanol–water partition coefficient (Wildman–Crippen LogP) is 10.3. The molecule has 2 rings (SSSR count). The van der Waals surface area contributed by atoms with Crippen LogP contribution in [0.25, 0.3) is 0 Å². The number of aliphatic hydroxyl groups is 2. The van der Waals surface area contributed by atoms with E-state index in [2.05, 4.69) is 90.2 Å². The first-order valence-corrected chi connectivity index (χ1v) is 15.2. The Morgan fingerprint density at radius 1 is 0.791 bits per heavy atom. The van der Waals surface area contributed by atoms with Gasteiger partial charge in [0.05, 0.1) is 6.10 Å². The molecule has 230 valence electrons. The molecule has 2 N–H and O–H groups in total. The smallest absolute Gasteiger partial charge is 0.222 e. The number of allylic oxidation sites excluding steroid dienone is 22. The van der Waals surface area contributed by atoms with Crippen LogP contribution >= 0.6 is 0 Å². The van der Waals surface area contributed by atoms with E-state index in [-0.39, 0.29) is 23.1 Å². The van der Waals surface area contributed by atoms with Gasteiger partial charge in [0, 0.05) is 16.9 Å². The van der Waals surface area contributed by atoms with Crippen LogP contribution < -0.4 is 0 Å². The molecule has 0 amide bonds. The highest BCUT2D eigenvalue weighted by Crippen LogP contribution is 2.42. The Morgan fingerprint density at radius 3 is 1.81 bits per heavy atom. The number of carbonyl (C=O) groups is 1. The number of rotatable bonds is 10. The second kappa shape index (κ2) is 15.7. The lowest BCUT2D eigenvalue weighted by atomic mass is 9.67. The normalized spacial score (nSPS) is 24.4. The summed E-state index contributed by atoms with van der Waals surface area (Å²) in [5.74, 6) is -0.141. The van der Waals surface area contributed by atoms with Crippen LogP contribution in [0, 0.1) is 16.7 Å². The first-order valence-electron chi connectivity index (χ1n) is 15.2. The predicted molar refractivity (Wildman–Crippen MR) is 185 cm³/mol. The van der Waals surface area contributed by atoms with E-state index in [1.165, 1.54) is 11.1 Å². The SMILES string of the molecule is CC1=CC(O)CC(C)(C)C1/C=C/C(C)=C/C=C/C(C)=C/C=C/C=C(C)/C=C/C=C(C)/C=C/C1=C(C)C(=O)C(O)=CC1(C)C. The molecule has 2 aliphatic carbocycles. The highest BCUT2D eigenvalue weighted by atomic mass is 16.3. The molecule has 0 fully saturated rings. The van der Waals surface area contributed by atoms with Crippen molar-refractivity contribution in [2.24, 2.45) is 16.7 Å². The molecule has 0 saturated carbocycles. The summed E-state index contributed by atoms with van der Waals surface area (Å²) in [6.07, 6.45) is 33.1. The number of ketones is 1. The van der Waals surface area contributed by atoms with Gasteiger partial charge in [-0.2, -0.15) is 0 Å². The fourth-order valence-electron chi connectivity index (χ4n) is 5.59. The van der Waals surface area contributed by atoms with Gasteiger partial charge in [0.1, 0.15) is 0 Å².